The molecule has 27 heavy (non-hydrogen) atoms. The lowest BCUT2D eigenvalue weighted by Gasteiger charge is -2.27. The molecule has 0 aliphatic rings. The molecule has 0 aliphatic carbocycles. The Balaban J connectivity index is 2.12. The van der Waals surface area contributed by atoms with E-state index in [1.165, 1.54) is 24.8 Å². The molecule has 0 radical (unpaired) electrons. The monoisotopic (exact) mass is 408 g/mol. The van der Waals surface area contributed by atoms with Gasteiger partial charge in [-0.2, -0.15) is 0 Å². The number of pyridine rings is 2. The van der Waals surface area contributed by atoms with E-state index in [0.717, 1.165) is 0 Å². The Morgan fingerprint density at radius 2 is 1.63 bits per heavy atom. The molecular weight excluding hydrogens is 387 g/mol. The van der Waals surface area contributed by atoms with Crippen molar-refractivity contribution in [2.75, 3.05) is 13.6 Å². The molecule has 2 rings (SSSR count). The van der Waals surface area contributed by atoms with E-state index in [-0.39, 0.29) is 22.9 Å². The number of likely N-dealkylation sites (N-methyl/N-ethyl adjacent to an activating group) is 1. The number of amides is 2. The largest absolute Gasteiger partial charge is 0.347 e. The van der Waals surface area contributed by atoms with Crippen LogP contribution in [0.3, 0.4) is 0 Å². The Kier molecular flexibility index (Phi) is 7.56. The first-order chi connectivity index (χ1) is 12.8. The Morgan fingerprint density at radius 3 is 2.15 bits per heavy atom. The summed E-state index contributed by atoms with van der Waals surface area (Å²) >= 11 is 12.1. The van der Waals surface area contributed by atoms with Crippen LogP contribution in [0, 0.1) is 5.92 Å². The maximum Gasteiger partial charge on any atom is 0.255 e. The van der Waals surface area contributed by atoms with Crippen molar-refractivity contribution in [3.63, 3.8) is 0 Å². The van der Waals surface area contributed by atoms with Crippen molar-refractivity contribution in [1.82, 2.24) is 20.2 Å². The fourth-order valence-electron chi connectivity index (χ4n) is 2.74. The summed E-state index contributed by atoms with van der Waals surface area (Å²) in [5, 5.41) is 3.54. The van der Waals surface area contributed by atoms with Gasteiger partial charge in [-0.05, 0) is 24.5 Å². The van der Waals surface area contributed by atoms with Crippen LogP contribution in [0.25, 0.3) is 0 Å². The molecule has 0 saturated heterocycles. The summed E-state index contributed by atoms with van der Waals surface area (Å²) < 4.78 is 0. The minimum absolute atomic E-state index is 0.229. The molecule has 144 valence electrons. The summed E-state index contributed by atoms with van der Waals surface area (Å²) in [5.74, 6) is -0.195. The maximum absolute atomic E-state index is 12.7. The second kappa shape index (κ2) is 9.67. The molecular formula is C19H22Cl2N4O2. The standard InChI is InChI=1S/C19H22Cl2N4O2/c1-12(2)8-13(24-18(26)14-4-6-22-9-16(14)20)11-25(3)19(27)15-5-7-23-10-17(15)21/h4-7,9-10,12-13H,8,11H2,1-3H3,(H,24,26). The summed E-state index contributed by atoms with van der Waals surface area (Å²) in [4.78, 5) is 34.6. The van der Waals surface area contributed by atoms with E-state index in [9.17, 15) is 9.59 Å². The molecule has 0 aliphatic heterocycles. The van der Waals surface area contributed by atoms with Gasteiger partial charge in [0.2, 0.25) is 0 Å². The van der Waals surface area contributed by atoms with E-state index in [0.29, 0.717) is 35.0 Å². The molecule has 2 aromatic heterocycles. The van der Waals surface area contributed by atoms with Gasteiger partial charge in [-0.1, -0.05) is 37.0 Å². The first-order valence-corrected chi connectivity index (χ1v) is 9.30. The minimum atomic E-state index is -0.296. The zero-order chi connectivity index (χ0) is 20.0. The highest BCUT2D eigenvalue weighted by Gasteiger charge is 2.22. The van der Waals surface area contributed by atoms with Crippen LogP contribution in [-0.2, 0) is 0 Å². The van der Waals surface area contributed by atoms with Gasteiger partial charge in [-0.25, -0.2) is 0 Å². The number of hydrogen-bond donors (Lipinski definition) is 1. The fraction of sp³-hybridized carbons (Fsp3) is 0.368. The minimum Gasteiger partial charge on any atom is -0.347 e. The van der Waals surface area contributed by atoms with E-state index in [1.807, 2.05) is 0 Å². The van der Waals surface area contributed by atoms with Crippen molar-refractivity contribution in [3.05, 3.63) is 58.1 Å². The second-order valence-electron chi connectivity index (χ2n) is 6.70. The van der Waals surface area contributed by atoms with E-state index >= 15 is 0 Å². The lowest BCUT2D eigenvalue weighted by molar-refractivity contribution is 0.0759. The number of nitrogens with one attached hydrogen (secondary N) is 1. The molecule has 1 N–H and O–H groups in total. The second-order valence-corrected chi connectivity index (χ2v) is 7.51. The van der Waals surface area contributed by atoms with Crippen LogP contribution < -0.4 is 5.32 Å². The molecule has 2 aromatic rings. The van der Waals surface area contributed by atoms with Crippen LogP contribution in [0.5, 0.6) is 0 Å². The summed E-state index contributed by atoms with van der Waals surface area (Å²) in [6.45, 7) is 4.45. The van der Waals surface area contributed by atoms with Crippen molar-refractivity contribution in [1.29, 1.82) is 0 Å². The van der Waals surface area contributed by atoms with Crippen LogP contribution in [-0.4, -0.2) is 46.3 Å². The summed E-state index contributed by atoms with van der Waals surface area (Å²) in [5.41, 5.74) is 0.729. The van der Waals surface area contributed by atoms with Gasteiger partial charge in [0.05, 0.1) is 21.2 Å². The molecule has 0 spiro atoms. The number of nitrogens with zero attached hydrogens (tertiary/aromatic N) is 3. The van der Waals surface area contributed by atoms with E-state index in [2.05, 4.69) is 29.1 Å². The molecule has 0 saturated carbocycles. The number of aromatic nitrogens is 2. The normalized spacial score (nSPS) is 11.9. The van der Waals surface area contributed by atoms with Crippen LogP contribution in [0.4, 0.5) is 0 Å². The van der Waals surface area contributed by atoms with Crippen molar-refractivity contribution in [2.45, 2.75) is 26.3 Å². The Morgan fingerprint density at radius 1 is 1.07 bits per heavy atom. The van der Waals surface area contributed by atoms with Gasteiger partial charge >= 0.3 is 0 Å². The smallest absolute Gasteiger partial charge is 0.255 e. The van der Waals surface area contributed by atoms with Gasteiger partial charge in [0, 0.05) is 44.4 Å². The van der Waals surface area contributed by atoms with E-state index < -0.39 is 0 Å². The maximum atomic E-state index is 12.7. The highest BCUT2D eigenvalue weighted by molar-refractivity contribution is 6.34. The van der Waals surface area contributed by atoms with Crippen molar-refractivity contribution in [3.8, 4) is 0 Å². The Hall–Kier alpha value is -2.18. The molecule has 6 nitrogen and oxygen atoms in total. The summed E-state index contributed by atoms with van der Waals surface area (Å²) in [6, 6.07) is 2.90. The van der Waals surface area contributed by atoms with E-state index in [4.69, 9.17) is 23.2 Å². The third-order valence-electron chi connectivity index (χ3n) is 3.95. The Bertz CT molecular complexity index is 814. The van der Waals surface area contributed by atoms with E-state index in [1.54, 1.807) is 24.1 Å². The lowest BCUT2D eigenvalue weighted by atomic mass is 10.0. The topological polar surface area (TPSA) is 75.2 Å². The molecule has 0 aromatic carbocycles. The lowest BCUT2D eigenvalue weighted by Crippen LogP contribution is -2.45. The SMILES string of the molecule is CC(C)CC(CN(C)C(=O)c1ccncc1Cl)NC(=O)c1ccncc1Cl. The number of carbonyl (C=O) groups is 2. The van der Waals surface area contributed by atoms with Gasteiger partial charge in [-0.15, -0.1) is 0 Å². The predicted octanol–water partition coefficient (Wildman–Crippen LogP) is 3.70. The van der Waals surface area contributed by atoms with Crippen molar-refractivity contribution >= 4 is 35.0 Å². The zero-order valence-corrected chi connectivity index (χ0v) is 17.0. The number of carbonyl (C=O) groups excluding carboxylic acids is 2. The van der Waals surface area contributed by atoms with Gasteiger partial charge in [0.1, 0.15) is 0 Å². The number of halogens is 2. The first-order valence-electron chi connectivity index (χ1n) is 8.55. The molecule has 8 heteroatoms. The average Bonchev–Trinajstić information content (AvgIpc) is 2.61. The fourth-order valence-corrected chi connectivity index (χ4v) is 3.14. The first kappa shape index (κ1) is 21.1. The number of hydrogen-bond acceptors (Lipinski definition) is 4. The average molecular weight is 409 g/mol. The van der Waals surface area contributed by atoms with Gasteiger partial charge in [0.25, 0.3) is 11.8 Å². The molecule has 0 fully saturated rings. The third-order valence-corrected chi connectivity index (χ3v) is 4.55. The van der Waals surface area contributed by atoms with Crippen molar-refractivity contribution < 1.29 is 9.59 Å². The molecule has 1 atom stereocenters. The van der Waals surface area contributed by atoms with Gasteiger partial charge in [-0.3, -0.25) is 19.6 Å². The van der Waals surface area contributed by atoms with Crippen LogP contribution in [0.1, 0.15) is 41.0 Å². The Labute approximate surface area is 168 Å². The summed E-state index contributed by atoms with van der Waals surface area (Å²) in [6.07, 6.45) is 6.59. The van der Waals surface area contributed by atoms with Crippen LogP contribution >= 0.6 is 23.2 Å². The van der Waals surface area contributed by atoms with Crippen LogP contribution in [0.15, 0.2) is 36.9 Å². The molecule has 1 unspecified atom stereocenters. The molecule has 2 amide bonds. The predicted molar refractivity (Wildman–Crippen MR) is 106 cm³/mol. The zero-order valence-electron chi connectivity index (χ0n) is 15.4. The molecule has 0 bridgehead atoms. The highest BCUT2D eigenvalue weighted by atomic mass is 35.5. The van der Waals surface area contributed by atoms with Gasteiger partial charge in [0.15, 0.2) is 0 Å². The van der Waals surface area contributed by atoms with Crippen molar-refractivity contribution in [2.24, 2.45) is 5.92 Å². The molecule has 2 heterocycles. The quantitative estimate of drug-likeness (QED) is 0.757. The summed E-state index contributed by atoms with van der Waals surface area (Å²) in [7, 11) is 1.68. The highest BCUT2D eigenvalue weighted by Crippen LogP contribution is 2.17. The number of rotatable bonds is 7. The van der Waals surface area contributed by atoms with Gasteiger partial charge < -0.3 is 10.2 Å². The third kappa shape index (κ3) is 5.91. The van der Waals surface area contributed by atoms with Crippen LogP contribution in [0.2, 0.25) is 10.0 Å².